The molecule has 1 amide bonds. The molecule has 20 heavy (non-hydrogen) atoms. The van der Waals surface area contributed by atoms with Crippen LogP contribution in [-0.4, -0.2) is 29.5 Å². The van der Waals surface area contributed by atoms with Gasteiger partial charge in [0.15, 0.2) is 5.82 Å². The van der Waals surface area contributed by atoms with E-state index < -0.39 is 10.7 Å². The summed E-state index contributed by atoms with van der Waals surface area (Å²) in [6.07, 6.45) is 0.591. The molecule has 0 radical (unpaired) electrons. The van der Waals surface area contributed by atoms with Crippen molar-refractivity contribution in [1.82, 2.24) is 5.32 Å². The molecule has 1 unspecified atom stereocenters. The molecule has 0 spiro atoms. The fourth-order valence-corrected chi connectivity index (χ4v) is 2.30. The number of rotatable bonds is 4. The first-order chi connectivity index (χ1) is 9.40. The summed E-state index contributed by atoms with van der Waals surface area (Å²) in [5.74, 6) is -0.954. The van der Waals surface area contributed by atoms with Crippen molar-refractivity contribution in [3.8, 4) is 0 Å². The summed E-state index contributed by atoms with van der Waals surface area (Å²) in [5, 5.41) is 13.7. The predicted octanol–water partition coefficient (Wildman–Crippen LogP) is 1.84. The number of carbonyl (C=O) groups excluding carboxylic acids is 1. The predicted molar refractivity (Wildman–Crippen MR) is 72.1 cm³/mol. The number of halogens is 1. The van der Waals surface area contributed by atoms with Gasteiger partial charge in [0.1, 0.15) is 0 Å². The van der Waals surface area contributed by atoms with Crippen molar-refractivity contribution in [3.63, 3.8) is 0 Å². The molecule has 0 saturated carbocycles. The largest absolute Gasteiger partial charge is 0.308 e. The number of carbonyl (C=O) groups is 1. The van der Waals surface area contributed by atoms with Gasteiger partial charge in [0, 0.05) is 18.7 Å². The van der Waals surface area contributed by atoms with Gasteiger partial charge in [0.2, 0.25) is 5.91 Å². The molecule has 1 aromatic carbocycles. The van der Waals surface area contributed by atoms with Gasteiger partial charge in [-0.15, -0.1) is 0 Å². The molecule has 1 aliphatic heterocycles. The SMILES string of the molecule is CC(C)NC1CCN(c2ccc([N+](=O)[O-])cc2F)C1=O. The molecule has 6 nitrogen and oxygen atoms in total. The summed E-state index contributed by atoms with van der Waals surface area (Å²) < 4.78 is 13.9. The number of amides is 1. The van der Waals surface area contributed by atoms with Crippen LogP contribution in [0.15, 0.2) is 18.2 Å². The van der Waals surface area contributed by atoms with Gasteiger partial charge in [0.25, 0.3) is 5.69 Å². The highest BCUT2D eigenvalue weighted by atomic mass is 19.1. The Kier molecular flexibility index (Phi) is 3.99. The highest BCUT2D eigenvalue weighted by Gasteiger charge is 2.34. The third kappa shape index (κ3) is 2.77. The van der Waals surface area contributed by atoms with E-state index in [4.69, 9.17) is 0 Å². The average Bonchev–Trinajstić information content (AvgIpc) is 2.70. The molecule has 1 heterocycles. The first kappa shape index (κ1) is 14.4. The van der Waals surface area contributed by atoms with Crippen LogP contribution in [0.4, 0.5) is 15.8 Å². The maximum absolute atomic E-state index is 13.9. The summed E-state index contributed by atoms with van der Waals surface area (Å²) in [7, 11) is 0. The quantitative estimate of drug-likeness (QED) is 0.675. The Morgan fingerprint density at radius 2 is 2.20 bits per heavy atom. The normalized spacial score (nSPS) is 18.9. The third-order valence-electron chi connectivity index (χ3n) is 3.17. The van der Waals surface area contributed by atoms with E-state index in [1.165, 1.54) is 17.0 Å². The minimum atomic E-state index is -0.752. The Balaban J connectivity index is 2.21. The van der Waals surface area contributed by atoms with Crippen molar-refractivity contribution >= 4 is 17.3 Å². The minimum Gasteiger partial charge on any atom is -0.308 e. The fourth-order valence-electron chi connectivity index (χ4n) is 2.30. The monoisotopic (exact) mass is 281 g/mol. The van der Waals surface area contributed by atoms with Gasteiger partial charge in [-0.3, -0.25) is 14.9 Å². The highest BCUT2D eigenvalue weighted by Crippen LogP contribution is 2.27. The molecule has 1 aliphatic rings. The van der Waals surface area contributed by atoms with Crippen LogP contribution in [-0.2, 0) is 4.79 Å². The maximum atomic E-state index is 13.9. The van der Waals surface area contributed by atoms with E-state index in [0.29, 0.717) is 13.0 Å². The zero-order valence-corrected chi connectivity index (χ0v) is 11.3. The first-order valence-electron chi connectivity index (χ1n) is 6.41. The number of hydrogen-bond acceptors (Lipinski definition) is 4. The smallest absolute Gasteiger partial charge is 0.272 e. The zero-order valence-electron chi connectivity index (χ0n) is 11.3. The molecule has 1 fully saturated rings. The highest BCUT2D eigenvalue weighted by molar-refractivity contribution is 5.99. The van der Waals surface area contributed by atoms with Crippen molar-refractivity contribution in [2.75, 3.05) is 11.4 Å². The second kappa shape index (κ2) is 5.54. The van der Waals surface area contributed by atoms with Crippen molar-refractivity contribution < 1.29 is 14.1 Å². The van der Waals surface area contributed by atoms with Crippen molar-refractivity contribution in [2.24, 2.45) is 0 Å². The fraction of sp³-hybridized carbons (Fsp3) is 0.462. The van der Waals surface area contributed by atoms with E-state index in [9.17, 15) is 19.3 Å². The molecule has 1 aromatic rings. The standard InChI is InChI=1S/C13H16FN3O3/c1-8(2)15-11-5-6-16(13(11)18)12-4-3-9(17(19)20)7-10(12)14/h3-4,7-8,11,15H,5-6H2,1-2H3. The lowest BCUT2D eigenvalue weighted by Crippen LogP contribution is -2.41. The second-order valence-electron chi connectivity index (χ2n) is 5.05. The third-order valence-corrected chi connectivity index (χ3v) is 3.17. The summed E-state index contributed by atoms with van der Waals surface area (Å²) in [4.78, 5) is 23.4. The molecule has 0 aliphatic carbocycles. The molecular formula is C13H16FN3O3. The Morgan fingerprint density at radius 3 is 2.75 bits per heavy atom. The van der Waals surface area contributed by atoms with E-state index >= 15 is 0 Å². The van der Waals surface area contributed by atoms with Crippen LogP contribution in [0.3, 0.4) is 0 Å². The molecule has 1 atom stereocenters. The van der Waals surface area contributed by atoms with Crippen LogP contribution in [0.25, 0.3) is 0 Å². The number of anilines is 1. The number of nitro benzene ring substituents is 1. The van der Waals surface area contributed by atoms with E-state index in [2.05, 4.69) is 5.32 Å². The van der Waals surface area contributed by atoms with E-state index in [1.807, 2.05) is 13.8 Å². The van der Waals surface area contributed by atoms with Crippen molar-refractivity contribution in [3.05, 3.63) is 34.1 Å². The van der Waals surface area contributed by atoms with Gasteiger partial charge < -0.3 is 10.2 Å². The van der Waals surface area contributed by atoms with E-state index in [0.717, 1.165) is 6.07 Å². The summed E-state index contributed by atoms with van der Waals surface area (Å²) in [5.41, 5.74) is -0.233. The Hall–Kier alpha value is -2.02. The number of hydrogen-bond donors (Lipinski definition) is 1. The van der Waals surface area contributed by atoms with Gasteiger partial charge in [-0.2, -0.15) is 0 Å². The summed E-state index contributed by atoms with van der Waals surface area (Å²) >= 11 is 0. The van der Waals surface area contributed by atoms with Crippen molar-refractivity contribution in [1.29, 1.82) is 0 Å². The van der Waals surface area contributed by atoms with Crippen LogP contribution >= 0.6 is 0 Å². The average molecular weight is 281 g/mol. The van der Waals surface area contributed by atoms with Gasteiger partial charge in [-0.1, -0.05) is 13.8 Å². The molecule has 0 aromatic heterocycles. The summed E-state index contributed by atoms with van der Waals surface area (Å²) in [6.45, 7) is 4.27. The minimum absolute atomic E-state index is 0.0913. The number of nitrogens with zero attached hydrogens (tertiary/aromatic N) is 2. The van der Waals surface area contributed by atoms with Crippen LogP contribution in [0, 0.1) is 15.9 Å². The number of benzene rings is 1. The number of non-ortho nitro benzene ring substituents is 1. The molecular weight excluding hydrogens is 265 g/mol. The Morgan fingerprint density at radius 1 is 1.50 bits per heavy atom. The lowest BCUT2D eigenvalue weighted by atomic mass is 10.2. The number of nitro groups is 1. The molecule has 108 valence electrons. The van der Waals surface area contributed by atoms with Crippen LogP contribution in [0.2, 0.25) is 0 Å². The maximum Gasteiger partial charge on any atom is 0.272 e. The lowest BCUT2D eigenvalue weighted by Gasteiger charge is -2.18. The first-order valence-corrected chi connectivity index (χ1v) is 6.41. The molecule has 1 saturated heterocycles. The van der Waals surface area contributed by atoms with E-state index in [1.54, 1.807) is 0 Å². The second-order valence-corrected chi connectivity index (χ2v) is 5.05. The lowest BCUT2D eigenvalue weighted by molar-refractivity contribution is -0.385. The van der Waals surface area contributed by atoms with Crippen LogP contribution < -0.4 is 10.2 Å². The van der Waals surface area contributed by atoms with Gasteiger partial charge in [-0.25, -0.2) is 4.39 Å². The van der Waals surface area contributed by atoms with Gasteiger partial charge >= 0.3 is 0 Å². The molecule has 1 N–H and O–H groups in total. The molecule has 7 heteroatoms. The van der Waals surface area contributed by atoms with Gasteiger partial charge in [-0.05, 0) is 12.5 Å². The van der Waals surface area contributed by atoms with Gasteiger partial charge in [0.05, 0.1) is 22.7 Å². The topological polar surface area (TPSA) is 75.5 Å². The Labute approximate surface area is 115 Å². The van der Waals surface area contributed by atoms with Crippen LogP contribution in [0.5, 0.6) is 0 Å². The zero-order chi connectivity index (χ0) is 14.9. The number of nitrogens with one attached hydrogen (secondary N) is 1. The van der Waals surface area contributed by atoms with E-state index in [-0.39, 0.29) is 29.4 Å². The summed E-state index contributed by atoms with van der Waals surface area (Å²) in [6, 6.07) is 3.15. The van der Waals surface area contributed by atoms with Crippen molar-refractivity contribution in [2.45, 2.75) is 32.4 Å². The molecule has 2 rings (SSSR count). The molecule has 0 bridgehead atoms. The van der Waals surface area contributed by atoms with Crippen LogP contribution in [0.1, 0.15) is 20.3 Å². The Bertz CT molecular complexity index is 548.